The summed E-state index contributed by atoms with van der Waals surface area (Å²) >= 11 is 0. The molecule has 2 aromatic rings. The number of halogens is 1. The molecular weight excluding hydrogens is 445 g/mol. The van der Waals surface area contributed by atoms with Crippen molar-refractivity contribution in [1.82, 2.24) is 9.62 Å². The highest BCUT2D eigenvalue weighted by atomic mass is 32.2. The van der Waals surface area contributed by atoms with E-state index in [1.807, 2.05) is 0 Å². The third-order valence-corrected chi connectivity index (χ3v) is 8.25. The van der Waals surface area contributed by atoms with E-state index < -0.39 is 39.7 Å². The van der Waals surface area contributed by atoms with E-state index in [0.29, 0.717) is 0 Å². The summed E-state index contributed by atoms with van der Waals surface area (Å²) in [7, 11) is -4.04. The van der Waals surface area contributed by atoms with Crippen LogP contribution in [0.4, 0.5) is 10.1 Å². The summed E-state index contributed by atoms with van der Waals surface area (Å²) in [6, 6.07) is 13.5. The molecular formula is C24H28FN3O4S. The molecule has 33 heavy (non-hydrogen) atoms. The Kier molecular flexibility index (Phi) is 6.54. The molecule has 2 aliphatic rings. The fourth-order valence-electron chi connectivity index (χ4n) is 4.67. The summed E-state index contributed by atoms with van der Waals surface area (Å²) in [5.41, 5.74) is -1.67. The zero-order chi connectivity index (χ0) is 23.6. The molecule has 1 atom stereocenters. The molecule has 1 aliphatic heterocycles. The first kappa shape index (κ1) is 23.4. The summed E-state index contributed by atoms with van der Waals surface area (Å²) in [6.07, 6.45) is 4.73. The number of anilines is 1. The van der Waals surface area contributed by atoms with Gasteiger partial charge in [-0.1, -0.05) is 49.6 Å². The second-order valence-electron chi connectivity index (χ2n) is 8.85. The van der Waals surface area contributed by atoms with Crippen LogP contribution in [0.1, 0.15) is 39.0 Å². The summed E-state index contributed by atoms with van der Waals surface area (Å²) in [4.78, 5) is 28.1. The lowest BCUT2D eigenvalue weighted by Crippen LogP contribution is -2.71. The number of sulfonamides is 1. The molecule has 1 saturated heterocycles. The van der Waals surface area contributed by atoms with Crippen LogP contribution in [0.2, 0.25) is 0 Å². The van der Waals surface area contributed by atoms with Gasteiger partial charge in [0.05, 0.1) is 17.1 Å². The first-order valence-electron chi connectivity index (χ1n) is 11.2. The van der Waals surface area contributed by atoms with E-state index >= 15 is 0 Å². The van der Waals surface area contributed by atoms with Gasteiger partial charge in [0.15, 0.2) is 0 Å². The second-order valence-corrected chi connectivity index (χ2v) is 10.8. The Labute approximate surface area is 193 Å². The van der Waals surface area contributed by atoms with E-state index in [4.69, 9.17) is 0 Å². The van der Waals surface area contributed by atoms with Gasteiger partial charge < -0.3 is 5.32 Å². The van der Waals surface area contributed by atoms with Crippen LogP contribution in [0.15, 0.2) is 59.5 Å². The number of nitrogens with zero attached hydrogens (tertiary/aromatic N) is 2. The number of amides is 2. The van der Waals surface area contributed by atoms with E-state index in [-0.39, 0.29) is 23.2 Å². The number of piperazine rings is 1. The first-order chi connectivity index (χ1) is 15.7. The van der Waals surface area contributed by atoms with E-state index in [1.165, 1.54) is 37.3 Å². The summed E-state index contributed by atoms with van der Waals surface area (Å²) in [6.45, 7) is 0.725. The molecule has 0 bridgehead atoms. The van der Waals surface area contributed by atoms with Crippen LogP contribution < -0.4 is 10.2 Å². The summed E-state index contributed by atoms with van der Waals surface area (Å²) in [5.74, 6) is -1.80. The zero-order valence-corrected chi connectivity index (χ0v) is 19.4. The number of para-hydroxylation sites is 1. The van der Waals surface area contributed by atoms with Crippen molar-refractivity contribution in [2.75, 3.05) is 18.0 Å². The molecule has 0 aromatic heterocycles. The average Bonchev–Trinajstić information content (AvgIpc) is 2.81. The van der Waals surface area contributed by atoms with Crippen LogP contribution in [0.3, 0.4) is 0 Å². The van der Waals surface area contributed by atoms with Gasteiger partial charge in [-0.2, -0.15) is 4.31 Å². The van der Waals surface area contributed by atoms with E-state index in [0.717, 1.165) is 41.3 Å². The lowest BCUT2D eigenvalue weighted by molar-refractivity contribution is -0.133. The molecule has 0 spiro atoms. The van der Waals surface area contributed by atoms with E-state index in [1.54, 1.807) is 24.3 Å². The van der Waals surface area contributed by atoms with Crippen molar-refractivity contribution in [2.45, 2.75) is 55.5 Å². The number of nitrogens with one attached hydrogen (secondary N) is 1. The number of benzene rings is 2. The quantitative estimate of drug-likeness (QED) is 0.723. The zero-order valence-electron chi connectivity index (χ0n) is 18.5. The minimum absolute atomic E-state index is 0.0344. The van der Waals surface area contributed by atoms with Gasteiger partial charge in [0, 0.05) is 12.6 Å². The van der Waals surface area contributed by atoms with Crippen molar-refractivity contribution in [3.8, 4) is 0 Å². The molecule has 0 unspecified atom stereocenters. The Hall–Kier alpha value is -2.78. The van der Waals surface area contributed by atoms with Gasteiger partial charge in [-0.15, -0.1) is 0 Å². The molecule has 176 valence electrons. The number of hydrogen-bond donors (Lipinski definition) is 1. The van der Waals surface area contributed by atoms with Gasteiger partial charge in [0.25, 0.3) is 0 Å². The Balaban J connectivity index is 1.73. The average molecular weight is 474 g/mol. The smallest absolute Gasteiger partial charge is 0.247 e. The van der Waals surface area contributed by atoms with Crippen LogP contribution in [0, 0.1) is 5.82 Å². The van der Waals surface area contributed by atoms with Crippen molar-refractivity contribution in [1.29, 1.82) is 0 Å². The Morgan fingerprint density at radius 3 is 2.33 bits per heavy atom. The summed E-state index contributed by atoms with van der Waals surface area (Å²) in [5, 5.41) is 3.00. The maximum absolute atomic E-state index is 14.8. The third-order valence-electron chi connectivity index (χ3n) is 6.44. The SMILES string of the molecule is C[C@]1(C(=O)NC2CCCCC2)CN(S(=O)(=O)c2ccccc2)CC(=O)N1c1ccccc1F. The van der Waals surface area contributed by atoms with Crippen LogP contribution in [0.25, 0.3) is 0 Å². The van der Waals surface area contributed by atoms with Gasteiger partial charge in [-0.3, -0.25) is 14.5 Å². The first-order valence-corrected chi connectivity index (χ1v) is 12.6. The van der Waals surface area contributed by atoms with Crippen LogP contribution in [-0.2, 0) is 19.6 Å². The molecule has 0 radical (unpaired) electrons. The highest BCUT2D eigenvalue weighted by molar-refractivity contribution is 7.89. The maximum atomic E-state index is 14.8. The molecule has 4 rings (SSSR count). The monoisotopic (exact) mass is 473 g/mol. The molecule has 9 heteroatoms. The maximum Gasteiger partial charge on any atom is 0.247 e. The van der Waals surface area contributed by atoms with Crippen LogP contribution >= 0.6 is 0 Å². The van der Waals surface area contributed by atoms with E-state index in [9.17, 15) is 22.4 Å². The van der Waals surface area contributed by atoms with Gasteiger partial charge in [0.2, 0.25) is 21.8 Å². The largest absolute Gasteiger partial charge is 0.351 e. The molecule has 2 aromatic carbocycles. The Morgan fingerprint density at radius 1 is 1.03 bits per heavy atom. The molecule has 1 saturated carbocycles. The molecule has 1 heterocycles. The molecule has 2 fully saturated rings. The molecule has 2 amide bonds. The predicted molar refractivity (Wildman–Crippen MR) is 123 cm³/mol. The number of carbonyl (C=O) groups excluding carboxylic acids is 2. The van der Waals surface area contributed by atoms with Gasteiger partial charge in [0.1, 0.15) is 11.4 Å². The Bertz CT molecular complexity index is 1140. The fraction of sp³-hybridized carbons (Fsp3) is 0.417. The minimum atomic E-state index is -4.04. The van der Waals surface area contributed by atoms with E-state index in [2.05, 4.69) is 5.32 Å². The van der Waals surface area contributed by atoms with Crippen molar-refractivity contribution < 1.29 is 22.4 Å². The van der Waals surface area contributed by atoms with Crippen molar-refractivity contribution in [3.63, 3.8) is 0 Å². The lowest BCUT2D eigenvalue weighted by Gasteiger charge is -2.47. The van der Waals surface area contributed by atoms with Gasteiger partial charge >= 0.3 is 0 Å². The van der Waals surface area contributed by atoms with Gasteiger partial charge in [-0.25, -0.2) is 12.8 Å². The second kappa shape index (κ2) is 9.23. The van der Waals surface area contributed by atoms with Crippen LogP contribution in [-0.4, -0.2) is 49.2 Å². The predicted octanol–water partition coefficient (Wildman–Crippen LogP) is 3.07. The highest BCUT2D eigenvalue weighted by Gasteiger charge is 2.52. The highest BCUT2D eigenvalue weighted by Crippen LogP contribution is 2.34. The van der Waals surface area contributed by atoms with Crippen molar-refractivity contribution >= 4 is 27.5 Å². The normalized spacial score (nSPS) is 22.8. The van der Waals surface area contributed by atoms with Crippen LogP contribution in [0.5, 0.6) is 0 Å². The summed E-state index contributed by atoms with van der Waals surface area (Å²) < 4.78 is 42.4. The number of carbonyl (C=O) groups is 2. The standard InChI is InChI=1S/C24H28FN3O4S/c1-24(23(30)26-18-10-4-2-5-11-18)17-27(33(31,32)19-12-6-3-7-13-19)16-22(29)28(24)21-15-9-8-14-20(21)25/h3,6-9,12-15,18H,2,4-5,10-11,16-17H2,1H3,(H,26,30)/t24-/m1/s1. The fourth-order valence-corrected chi connectivity index (χ4v) is 6.17. The number of hydrogen-bond acceptors (Lipinski definition) is 4. The molecule has 1 aliphatic carbocycles. The minimum Gasteiger partial charge on any atom is -0.351 e. The molecule has 1 N–H and O–H groups in total. The Morgan fingerprint density at radius 2 is 1.67 bits per heavy atom. The van der Waals surface area contributed by atoms with Gasteiger partial charge in [-0.05, 0) is 44.0 Å². The molecule has 7 nitrogen and oxygen atoms in total. The lowest BCUT2D eigenvalue weighted by atomic mass is 9.91. The topological polar surface area (TPSA) is 86.8 Å². The van der Waals surface area contributed by atoms with Crippen molar-refractivity contribution in [3.05, 3.63) is 60.4 Å². The third kappa shape index (κ3) is 4.52. The number of rotatable bonds is 5. The van der Waals surface area contributed by atoms with Crippen molar-refractivity contribution in [2.24, 2.45) is 0 Å².